The minimum Gasteiger partial charge on any atom is -0.394 e. The van der Waals surface area contributed by atoms with Crippen molar-refractivity contribution < 1.29 is 4.79 Å². The van der Waals surface area contributed by atoms with E-state index < -0.39 is 0 Å². The molecule has 0 spiro atoms. The Morgan fingerprint density at radius 2 is 2.17 bits per heavy atom. The molecule has 18 heavy (non-hydrogen) atoms. The third-order valence-electron chi connectivity index (χ3n) is 2.77. The summed E-state index contributed by atoms with van der Waals surface area (Å²) in [4.78, 5) is 13.4. The summed E-state index contributed by atoms with van der Waals surface area (Å²) in [6.07, 6.45) is 0.964. The first-order chi connectivity index (χ1) is 8.38. The number of likely N-dealkylation sites (N-methyl/N-ethyl adjacent to an activating group) is 1. The number of nitrogens with two attached hydrogens (primary N) is 1. The van der Waals surface area contributed by atoms with Gasteiger partial charge in [-0.3, -0.25) is 4.79 Å². The normalized spacial score (nSPS) is 12.3. The second-order valence-corrected chi connectivity index (χ2v) is 4.67. The van der Waals surface area contributed by atoms with E-state index in [1.165, 1.54) is 0 Å². The zero-order valence-electron chi connectivity index (χ0n) is 11.8. The van der Waals surface area contributed by atoms with Crippen molar-refractivity contribution in [3.8, 4) is 0 Å². The number of carbonyl (C=O) groups excluding carboxylic acids is 1. The van der Waals surface area contributed by atoms with Crippen LogP contribution in [0.3, 0.4) is 0 Å². The highest BCUT2D eigenvalue weighted by Crippen LogP contribution is 2.23. The van der Waals surface area contributed by atoms with Crippen molar-refractivity contribution in [3.63, 3.8) is 0 Å². The molecule has 102 valence electrons. The summed E-state index contributed by atoms with van der Waals surface area (Å²) in [5.74, 6) is 0.744. The van der Waals surface area contributed by atoms with E-state index in [4.69, 9.17) is 5.73 Å². The number of hydrogen-bond acceptors (Lipinski definition) is 4. The fourth-order valence-corrected chi connectivity index (χ4v) is 1.78. The molecule has 0 aromatic carbocycles. The lowest BCUT2D eigenvalue weighted by Crippen LogP contribution is -2.37. The van der Waals surface area contributed by atoms with E-state index in [9.17, 15) is 4.79 Å². The molecule has 0 saturated heterocycles. The average molecular weight is 253 g/mol. The van der Waals surface area contributed by atoms with Crippen LogP contribution in [0, 0.1) is 6.92 Å². The SMILES string of the molecule is CCCn1nc(C)c(N)c1NC(C)C(=O)N(C)C. The summed E-state index contributed by atoms with van der Waals surface area (Å²) in [5.41, 5.74) is 7.39. The van der Waals surface area contributed by atoms with Gasteiger partial charge in [-0.15, -0.1) is 0 Å². The maximum atomic E-state index is 11.8. The van der Waals surface area contributed by atoms with Gasteiger partial charge in [-0.2, -0.15) is 5.10 Å². The first kappa shape index (κ1) is 14.3. The summed E-state index contributed by atoms with van der Waals surface area (Å²) < 4.78 is 1.82. The topological polar surface area (TPSA) is 76.2 Å². The highest BCUT2D eigenvalue weighted by atomic mass is 16.2. The quantitative estimate of drug-likeness (QED) is 0.823. The van der Waals surface area contributed by atoms with Crippen LogP contribution in [0.25, 0.3) is 0 Å². The van der Waals surface area contributed by atoms with Gasteiger partial charge in [-0.25, -0.2) is 4.68 Å². The van der Waals surface area contributed by atoms with E-state index in [2.05, 4.69) is 17.3 Å². The minimum absolute atomic E-state index is 0.0105. The van der Waals surface area contributed by atoms with Gasteiger partial charge in [0.05, 0.1) is 11.4 Å². The van der Waals surface area contributed by atoms with E-state index in [0.29, 0.717) is 5.69 Å². The lowest BCUT2D eigenvalue weighted by atomic mass is 10.3. The first-order valence-electron chi connectivity index (χ1n) is 6.19. The second-order valence-electron chi connectivity index (χ2n) is 4.67. The number of carbonyl (C=O) groups is 1. The number of amides is 1. The van der Waals surface area contributed by atoms with Crippen LogP contribution in [0.15, 0.2) is 0 Å². The molecule has 0 saturated carbocycles. The number of nitrogens with zero attached hydrogens (tertiary/aromatic N) is 3. The number of nitrogens with one attached hydrogen (secondary N) is 1. The zero-order valence-corrected chi connectivity index (χ0v) is 11.8. The molecule has 1 heterocycles. The van der Waals surface area contributed by atoms with Gasteiger partial charge >= 0.3 is 0 Å². The molecule has 3 N–H and O–H groups in total. The fraction of sp³-hybridized carbons (Fsp3) is 0.667. The van der Waals surface area contributed by atoms with Crippen molar-refractivity contribution in [3.05, 3.63) is 5.69 Å². The summed E-state index contributed by atoms with van der Waals surface area (Å²) in [7, 11) is 3.47. The zero-order chi connectivity index (χ0) is 13.9. The Labute approximate surface area is 108 Å². The number of aryl methyl sites for hydroxylation is 2. The maximum Gasteiger partial charge on any atom is 0.244 e. The summed E-state index contributed by atoms with van der Waals surface area (Å²) in [5, 5.41) is 7.51. The third kappa shape index (κ3) is 2.94. The van der Waals surface area contributed by atoms with Gasteiger partial charge in [0, 0.05) is 20.6 Å². The molecule has 1 aromatic rings. The molecular formula is C12H23N5O. The summed E-state index contributed by atoms with van der Waals surface area (Å²) >= 11 is 0. The van der Waals surface area contributed by atoms with E-state index >= 15 is 0 Å². The minimum atomic E-state index is -0.325. The number of nitrogen functional groups attached to an aromatic ring is 1. The fourth-order valence-electron chi connectivity index (χ4n) is 1.78. The number of anilines is 2. The van der Waals surface area contributed by atoms with E-state index in [-0.39, 0.29) is 11.9 Å². The van der Waals surface area contributed by atoms with Crippen LogP contribution in [0.2, 0.25) is 0 Å². The predicted octanol–water partition coefficient (Wildman–Crippen LogP) is 1.07. The molecule has 0 radical (unpaired) electrons. The monoisotopic (exact) mass is 253 g/mol. The van der Waals surface area contributed by atoms with Crippen molar-refractivity contribution >= 4 is 17.4 Å². The second kappa shape index (κ2) is 5.75. The van der Waals surface area contributed by atoms with Crippen LogP contribution < -0.4 is 11.1 Å². The van der Waals surface area contributed by atoms with Gasteiger partial charge in [-0.05, 0) is 20.3 Å². The molecule has 0 bridgehead atoms. The Bertz CT molecular complexity index is 424. The van der Waals surface area contributed by atoms with Crippen molar-refractivity contribution in [1.29, 1.82) is 0 Å². The Balaban J connectivity index is 2.92. The van der Waals surface area contributed by atoms with Gasteiger partial charge < -0.3 is 16.0 Å². The van der Waals surface area contributed by atoms with Crippen LogP contribution in [0.1, 0.15) is 26.0 Å². The number of rotatable bonds is 5. The van der Waals surface area contributed by atoms with Gasteiger partial charge in [-0.1, -0.05) is 6.92 Å². The Morgan fingerprint density at radius 1 is 1.56 bits per heavy atom. The van der Waals surface area contributed by atoms with E-state index in [1.807, 2.05) is 18.5 Å². The maximum absolute atomic E-state index is 11.8. The summed E-state index contributed by atoms with van der Waals surface area (Å²) in [6, 6.07) is -0.325. The van der Waals surface area contributed by atoms with Crippen molar-refractivity contribution in [2.75, 3.05) is 25.1 Å². The van der Waals surface area contributed by atoms with Crippen LogP contribution >= 0.6 is 0 Å². The standard InChI is InChI=1S/C12H23N5O/c1-6-7-17-11(10(13)8(2)15-17)14-9(3)12(18)16(4)5/h9,14H,6-7,13H2,1-5H3. The largest absolute Gasteiger partial charge is 0.394 e. The molecule has 1 unspecified atom stereocenters. The molecule has 6 heteroatoms. The summed E-state index contributed by atoms with van der Waals surface area (Å²) in [6.45, 7) is 6.54. The molecule has 1 aromatic heterocycles. The molecule has 1 rings (SSSR count). The Kier molecular flexibility index (Phi) is 4.58. The van der Waals surface area contributed by atoms with E-state index in [0.717, 1.165) is 24.5 Å². The number of hydrogen-bond donors (Lipinski definition) is 2. The smallest absolute Gasteiger partial charge is 0.244 e. The van der Waals surface area contributed by atoms with Crippen LogP contribution in [-0.4, -0.2) is 40.7 Å². The molecule has 1 atom stereocenters. The van der Waals surface area contributed by atoms with E-state index in [1.54, 1.807) is 19.0 Å². The molecule has 6 nitrogen and oxygen atoms in total. The van der Waals surface area contributed by atoms with Crippen molar-refractivity contribution in [1.82, 2.24) is 14.7 Å². The third-order valence-corrected chi connectivity index (χ3v) is 2.77. The molecule has 1 amide bonds. The number of aromatic nitrogens is 2. The van der Waals surface area contributed by atoms with Crippen molar-refractivity contribution in [2.45, 2.75) is 39.8 Å². The van der Waals surface area contributed by atoms with Crippen LogP contribution in [0.4, 0.5) is 11.5 Å². The van der Waals surface area contributed by atoms with Crippen LogP contribution in [0.5, 0.6) is 0 Å². The van der Waals surface area contributed by atoms with Crippen LogP contribution in [-0.2, 0) is 11.3 Å². The molecule has 0 aliphatic carbocycles. The lowest BCUT2D eigenvalue weighted by molar-refractivity contribution is -0.129. The highest BCUT2D eigenvalue weighted by Gasteiger charge is 2.19. The Morgan fingerprint density at radius 3 is 2.67 bits per heavy atom. The van der Waals surface area contributed by atoms with Gasteiger partial charge in [0.2, 0.25) is 5.91 Å². The molecule has 0 aliphatic rings. The average Bonchev–Trinajstić information content (AvgIpc) is 2.56. The van der Waals surface area contributed by atoms with Gasteiger partial charge in [0.1, 0.15) is 11.9 Å². The molecular weight excluding hydrogens is 230 g/mol. The first-order valence-corrected chi connectivity index (χ1v) is 6.19. The van der Waals surface area contributed by atoms with Gasteiger partial charge in [0.25, 0.3) is 0 Å². The molecule has 0 aliphatic heterocycles. The lowest BCUT2D eigenvalue weighted by Gasteiger charge is -2.19. The Hall–Kier alpha value is -1.72. The molecule has 0 fully saturated rings. The van der Waals surface area contributed by atoms with Gasteiger partial charge in [0.15, 0.2) is 0 Å². The van der Waals surface area contributed by atoms with Crippen molar-refractivity contribution in [2.24, 2.45) is 0 Å². The predicted molar refractivity (Wildman–Crippen MR) is 73.4 cm³/mol. The highest BCUT2D eigenvalue weighted by molar-refractivity contribution is 5.84.